The van der Waals surface area contributed by atoms with E-state index in [9.17, 15) is 0 Å². The van der Waals surface area contributed by atoms with Gasteiger partial charge in [0.25, 0.3) is 0 Å². The number of rotatable bonds is 14. The highest BCUT2D eigenvalue weighted by Gasteiger charge is 1.91. The van der Waals surface area contributed by atoms with Crippen molar-refractivity contribution < 1.29 is 0 Å². The summed E-state index contributed by atoms with van der Waals surface area (Å²) in [5, 5.41) is 7.04. The molecule has 0 aromatic rings. The number of hydrogen-bond acceptors (Lipinski definition) is 2. The first-order valence-electron chi connectivity index (χ1n) is 7.83. The second kappa shape index (κ2) is 15.9. The van der Waals surface area contributed by atoms with Crippen LogP contribution in [0.3, 0.4) is 0 Å². The lowest BCUT2D eigenvalue weighted by Crippen LogP contribution is -2.20. The summed E-state index contributed by atoms with van der Waals surface area (Å²) in [5.74, 6) is 0. The molecule has 0 unspecified atom stereocenters. The molecule has 0 aromatic carbocycles. The van der Waals surface area contributed by atoms with Gasteiger partial charge in [0.05, 0.1) is 0 Å². The molecule has 0 saturated carbocycles. The molecule has 0 atom stereocenters. The van der Waals surface area contributed by atoms with E-state index in [1.807, 2.05) is 0 Å². The predicted molar refractivity (Wildman–Crippen MR) is 78.6 cm³/mol. The molecular weight excluding hydrogens is 208 g/mol. The first-order chi connectivity index (χ1) is 8.41. The van der Waals surface area contributed by atoms with E-state index < -0.39 is 0 Å². The zero-order chi connectivity index (χ0) is 12.6. The molecule has 0 aliphatic carbocycles. The van der Waals surface area contributed by atoms with Crippen molar-refractivity contribution in [1.29, 1.82) is 0 Å². The van der Waals surface area contributed by atoms with Crippen LogP contribution in [0.25, 0.3) is 0 Å². The van der Waals surface area contributed by atoms with Gasteiger partial charge in [-0.1, -0.05) is 46.0 Å². The molecule has 0 heterocycles. The third-order valence-electron chi connectivity index (χ3n) is 3.12. The van der Waals surface area contributed by atoms with E-state index in [-0.39, 0.29) is 0 Å². The maximum atomic E-state index is 3.53. The maximum Gasteiger partial charge on any atom is -0.00484 e. The van der Waals surface area contributed by atoms with Gasteiger partial charge in [-0.25, -0.2) is 0 Å². The maximum absolute atomic E-state index is 3.53. The average Bonchev–Trinajstić information content (AvgIpc) is 2.35. The average molecular weight is 242 g/mol. The van der Waals surface area contributed by atoms with Crippen LogP contribution in [0.1, 0.15) is 71.6 Å². The van der Waals surface area contributed by atoms with Crippen LogP contribution in [0, 0.1) is 0 Å². The van der Waals surface area contributed by atoms with Gasteiger partial charge in [0.2, 0.25) is 0 Å². The molecule has 0 radical (unpaired) electrons. The molecule has 2 nitrogen and oxygen atoms in total. The standard InChI is InChI=1S/C15H34N2/c1-3-5-7-9-13-17-15-11-10-14-16-12-8-6-4-2/h16-17H,3-15H2,1-2H3. The van der Waals surface area contributed by atoms with E-state index in [1.54, 1.807) is 0 Å². The number of nitrogens with one attached hydrogen (secondary N) is 2. The molecule has 104 valence electrons. The highest BCUT2D eigenvalue weighted by molar-refractivity contribution is 4.52. The van der Waals surface area contributed by atoms with Gasteiger partial charge in [0, 0.05) is 0 Å². The van der Waals surface area contributed by atoms with Crippen molar-refractivity contribution >= 4 is 0 Å². The molecule has 2 heteroatoms. The van der Waals surface area contributed by atoms with E-state index >= 15 is 0 Å². The lowest BCUT2D eigenvalue weighted by Gasteiger charge is -2.06. The van der Waals surface area contributed by atoms with Crippen molar-refractivity contribution in [2.24, 2.45) is 0 Å². The van der Waals surface area contributed by atoms with Gasteiger partial charge in [-0.3, -0.25) is 0 Å². The lowest BCUT2D eigenvalue weighted by molar-refractivity contribution is 0.549. The Kier molecular flexibility index (Phi) is 15.8. The van der Waals surface area contributed by atoms with E-state index in [0.29, 0.717) is 0 Å². The molecule has 0 amide bonds. The summed E-state index contributed by atoms with van der Waals surface area (Å²) in [6.07, 6.45) is 12.1. The summed E-state index contributed by atoms with van der Waals surface area (Å²) in [7, 11) is 0. The van der Waals surface area contributed by atoms with Gasteiger partial charge in [0.1, 0.15) is 0 Å². The first kappa shape index (κ1) is 16.9. The van der Waals surface area contributed by atoms with Crippen LogP contribution in [0.15, 0.2) is 0 Å². The van der Waals surface area contributed by atoms with Gasteiger partial charge in [-0.2, -0.15) is 0 Å². The molecule has 0 bridgehead atoms. The van der Waals surface area contributed by atoms with E-state index in [1.165, 1.54) is 84.0 Å². The van der Waals surface area contributed by atoms with Gasteiger partial charge in [0.15, 0.2) is 0 Å². The molecule has 0 aliphatic heterocycles. The van der Waals surface area contributed by atoms with Crippen molar-refractivity contribution in [2.75, 3.05) is 26.2 Å². The summed E-state index contributed by atoms with van der Waals surface area (Å²) in [4.78, 5) is 0. The smallest absolute Gasteiger partial charge is 0.00484 e. The van der Waals surface area contributed by atoms with Crippen LogP contribution in [-0.2, 0) is 0 Å². The Morgan fingerprint density at radius 3 is 1.29 bits per heavy atom. The molecule has 0 aromatic heterocycles. The molecule has 2 N–H and O–H groups in total. The normalized spacial score (nSPS) is 10.9. The zero-order valence-electron chi connectivity index (χ0n) is 12.2. The van der Waals surface area contributed by atoms with E-state index in [2.05, 4.69) is 24.5 Å². The minimum Gasteiger partial charge on any atom is -0.317 e. The molecular formula is C15H34N2. The fourth-order valence-electron chi connectivity index (χ4n) is 1.93. The molecule has 0 aliphatic rings. The van der Waals surface area contributed by atoms with Crippen LogP contribution < -0.4 is 10.6 Å². The molecule has 0 saturated heterocycles. The van der Waals surface area contributed by atoms with E-state index in [4.69, 9.17) is 0 Å². The van der Waals surface area contributed by atoms with E-state index in [0.717, 1.165) is 0 Å². The summed E-state index contributed by atoms with van der Waals surface area (Å²) in [5.41, 5.74) is 0. The molecule has 0 fully saturated rings. The first-order valence-corrected chi connectivity index (χ1v) is 7.83. The highest BCUT2D eigenvalue weighted by Crippen LogP contribution is 1.97. The Morgan fingerprint density at radius 1 is 0.471 bits per heavy atom. The Hall–Kier alpha value is -0.0800. The Balaban J connectivity index is 2.85. The molecule has 0 rings (SSSR count). The minimum atomic E-state index is 1.20. The van der Waals surface area contributed by atoms with Crippen molar-refractivity contribution in [3.8, 4) is 0 Å². The number of hydrogen-bond donors (Lipinski definition) is 2. The zero-order valence-corrected chi connectivity index (χ0v) is 12.2. The third-order valence-corrected chi connectivity index (χ3v) is 3.12. The Labute approximate surface area is 109 Å². The SMILES string of the molecule is CCCCCCNCCCCNCCCCC. The molecule has 17 heavy (non-hydrogen) atoms. The van der Waals surface area contributed by atoms with Gasteiger partial charge < -0.3 is 10.6 Å². The fourth-order valence-corrected chi connectivity index (χ4v) is 1.93. The van der Waals surface area contributed by atoms with Crippen molar-refractivity contribution in [1.82, 2.24) is 10.6 Å². The summed E-state index contributed by atoms with van der Waals surface area (Å²) in [6.45, 7) is 9.33. The van der Waals surface area contributed by atoms with Crippen LogP contribution >= 0.6 is 0 Å². The Morgan fingerprint density at radius 2 is 0.824 bits per heavy atom. The summed E-state index contributed by atoms with van der Waals surface area (Å²) in [6, 6.07) is 0. The topological polar surface area (TPSA) is 24.1 Å². The number of unbranched alkanes of at least 4 members (excludes halogenated alkanes) is 6. The highest BCUT2D eigenvalue weighted by atomic mass is 14.9. The Bertz CT molecular complexity index is 112. The molecule has 0 spiro atoms. The van der Waals surface area contributed by atoms with Crippen LogP contribution in [0.4, 0.5) is 0 Å². The van der Waals surface area contributed by atoms with Crippen LogP contribution in [0.5, 0.6) is 0 Å². The van der Waals surface area contributed by atoms with Gasteiger partial charge in [-0.05, 0) is 51.9 Å². The van der Waals surface area contributed by atoms with Crippen LogP contribution in [-0.4, -0.2) is 26.2 Å². The van der Waals surface area contributed by atoms with Crippen LogP contribution in [0.2, 0.25) is 0 Å². The fraction of sp³-hybridized carbons (Fsp3) is 1.00. The van der Waals surface area contributed by atoms with Crippen molar-refractivity contribution in [3.63, 3.8) is 0 Å². The van der Waals surface area contributed by atoms with Crippen molar-refractivity contribution in [3.05, 3.63) is 0 Å². The van der Waals surface area contributed by atoms with Gasteiger partial charge >= 0.3 is 0 Å². The largest absolute Gasteiger partial charge is 0.317 e. The van der Waals surface area contributed by atoms with Gasteiger partial charge in [-0.15, -0.1) is 0 Å². The third kappa shape index (κ3) is 15.9. The summed E-state index contributed by atoms with van der Waals surface area (Å²) >= 11 is 0. The second-order valence-corrected chi connectivity index (χ2v) is 4.97. The quantitative estimate of drug-likeness (QED) is 0.454. The lowest BCUT2D eigenvalue weighted by atomic mass is 10.2. The second-order valence-electron chi connectivity index (χ2n) is 4.97. The summed E-state index contributed by atoms with van der Waals surface area (Å²) < 4.78 is 0. The monoisotopic (exact) mass is 242 g/mol. The van der Waals surface area contributed by atoms with Crippen molar-refractivity contribution in [2.45, 2.75) is 71.6 Å². The predicted octanol–water partition coefficient (Wildman–Crippen LogP) is 3.72. The minimum absolute atomic E-state index is 1.20.